The van der Waals surface area contributed by atoms with Gasteiger partial charge in [-0.3, -0.25) is 4.79 Å². The van der Waals surface area contributed by atoms with Crippen molar-refractivity contribution in [2.75, 3.05) is 33.4 Å². The fourth-order valence-electron chi connectivity index (χ4n) is 0.970. The van der Waals surface area contributed by atoms with Crippen molar-refractivity contribution in [2.45, 2.75) is 0 Å². The molecule has 0 aliphatic carbocycles. The number of rotatable bonds is 5. The van der Waals surface area contributed by atoms with E-state index >= 15 is 0 Å². The molecule has 1 heterocycles. The van der Waals surface area contributed by atoms with E-state index in [2.05, 4.69) is 9.47 Å². The lowest BCUT2D eigenvalue weighted by atomic mass is 10.2. The van der Waals surface area contributed by atoms with Gasteiger partial charge in [-0.1, -0.05) is 0 Å². The van der Waals surface area contributed by atoms with Crippen molar-refractivity contribution in [3.8, 4) is 0 Å². The van der Waals surface area contributed by atoms with Crippen LogP contribution in [0.5, 0.6) is 0 Å². The Bertz CT molecular complexity index is 199. The fourth-order valence-corrected chi connectivity index (χ4v) is 0.970. The third-order valence-corrected chi connectivity index (χ3v) is 1.62. The number of carbonyl (C=O) groups excluding carboxylic acids is 2. The Hall–Kier alpha value is -1.34. The van der Waals surface area contributed by atoms with Gasteiger partial charge in [-0.05, 0) is 0 Å². The summed E-state index contributed by atoms with van der Waals surface area (Å²) in [5.41, 5.74) is 0. The van der Waals surface area contributed by atoms with Crippen LogP contribution >= 0.6 is 0 Å². The van der Waals surface area contributed by atoms with Crippen LogP contribution in [0.25, 0.3) is 0 Å². The largest absolute Gasteiger partial charge is 0.511 e. The van der Waals surface area contributed by atoms with Gasteiger partial charge in [0.15, 0.2) is 0 Å². The Labute approximate surface area is 86.2 Å². The highest BCUT2D eigenvalue weighted by molar-refractivity contribution is 5.59. The van der Waals surface area contributed by atoms with E-state index in [1.165, 1.54) is 0 Å². The second kappa shape index (κ2) is 7.02. The molecule has 1 aliphatic heterocycles. The zero-order chi connectivity index (χ0) is 10.9. The first-order valence-corrected chi connectivity index (χ1v) is 4.33. The van der Waals surface area contributed by atoms with Crippen molar-refractivity contribution in [3.63, 3.8) is 0 Å². The highest BCUT2D eigenvalue weighted by Crippen LogP contribution is 2.06. The summed E-state index contributed by atoms with van der Waals surface area (Å²) in [5, 5.41) is 0. The molecule has 0 saturated carbocycles. The highest BCUT2D eigenvalue weighted by Gasteiger charge is 2.16. The average molecular weight is 220 g/mol. The van der Waals surface area contributed by atoms with Crippen LogP contribution in [0.1, 0.15) is 0 Å². The third kappa shape index (κ3) is 5.18. The van der Waals surface area contributed by atoms with Crippen LogP contribution in [0.4, 0.5) is 4.79 Å². The van der Waals surface area contributed by atoms with Gasteiger partial charge in [0.05, 0.1) is 13.2 Å². The van der Waals surface area contributed by atoms with Gasteiger partial charge < -0.3 is 23.7 Å². The minimum absolute atomic E-state index is 0.0123. The van der Waals surface area contributed by atoms with Crippen LogP contribution < -0.4 is 0 Å². The predicted molar refractivity (Wildman–Crippen MR) is 44.7 cm³/mol. The van der Waals surface area contributed by atoms with E-state index in [1.54, 1.807) is 0 Å². The van der Waals surface area contributed by atoms with E-state index in [9.17, 15) is 9.59 Å². The molecule has 0 atom stereocenters. The lowest BCUT2D eigenvalue weighted by Gasteiger charge is -2.21. The van der Waals surface area contributed by atoms with Gasteiger partial charge >= 0.3 is 6.16 Å². The van der Waals surface area contributed by atoms with Gasteiger partial charge in [-0.2, -0.15) is 0 Å². The number of ether oxygens (including phenoxy) is 5. The lowest BCUT2D eigenvalue weighted by molar-refractivity contribution is -0.142. The van der Waals surface area contributed by atoms with Crippen LogP contribution in [0.3, 0.4) is 0 Å². The SMILES string of the molecule is O=COCOC(=O)OCC1COCOC1. The summed E-state index contributed by atoms with van der Waals surface area (Å²) in [6.07, 6.45) is -0.887. The van der Waals surface area contributed by atoms with Crippen molar-refractivity contribution in [1.29, 1.82) is 0 Å². The molecule has 86 valence electrons. The van der Waals surface area contributed by atoms with Gasteiger partial charge in [0, 0.05) is 5.92 Å². The molecule has 1 saturated heterocycles. The normalized spacial score (nSPS) is 16.8. The molecular formula is C8H12O7. The van der Waals surface area contributed by atoms with Crippen LogP contribution in [-0.2, 0) is 28.5 Å². The summed E-state index contributed by atoms with van der Waals surface area (Å²) >= 11 is 0. The molecule has 15 heavy (non-hydrogen) atoms. The van der Waals surface area contributed by atoms with Gasteiger partial charge in [0.2, 0.25) is 6.79 Å². The maximum Gasteiger partial charge on any atom is 0.511 e. The van der Waals surface area contributed by atoms with Crippen LogP contribution in [-0.4, -0.2) is 46.0 Å². The molecule has 7 nitrogen and oxygen atoms in total. The van der Waals surface area contributed by atoms with Crippen LogP contribution in [0, 0.1) is 5.92 Å². The Morgan fingerprint density at radius 1 is 1.33 bits per heavy atom. The van der Waals surface area contributed by atoms with Crippen molar-refractivity contribution < 1.29 is 33.3 Å². The van der Waals surface area contributed by atoms with E-state index in [-0.39, 0.29) is 25.8 Å². The Morgan fingerprint density at radius 2 is 2.07 bits per heavy atom. The second-order valence-corrected chi connectivity index (χ2v) is 2.81. The summed E-state index contributed by atoms with van der Waals surface area (Å²) in [6.45, 7) is 1.13. The summed E-state index contributed by atoms with van der Waals surface area (Å²) < 4.78 is 23.2. The molecule has 0 unspecified atom stereocenters. The third-order valence-electron chi connectivity index (χ3n) is 1.62. The molecule has 1 fully saturated rings. The quantitative estimate of drug-likeness (QED) is 0.277. The van der Waals surface area contributed by atoms with Crippen molar-refractivity contribution in [3.05, 3.63) is 0 Å². The topological polar surface area (TPSA) is 80.3 Å². The predicted octanol–water partition coefficient (Wildman–Crippen LogP) is -0.109. The van der Waals surface area contributed by atoms with Crippen molar-refractivity contribution in [2.24, 2.45) is 5.92 Å². The van der Waals surface area contributed by atoms with Gasteiger partial charge in [0.25, 0.3) is 6.47 Å². The zero-order valence-corrected chi connectivity index (χ0v) is 8.05. The fraction of sp³-hybridized carbons (Fsp3) is 0.750. The van der Waals surface area contributed by atoms with Gasteiger partial charge in [-0.25, -0.2) is 4.79 Å². The second-order valence-electron chi connectivity index (χ2n) is 2.81. The highest BCUT2D eigenvalue weighted by atomic mass is 16.8. The minimum atomic E-state index is -0.887. The number of hydrogen-bond acceptors (Lipinski definition) is 7. The molecular weight excluding hydrogens is 208 g/mol. The number of carbonyl (C=O) groups is 2. The molecule has 0 radical (unpaired) electrons. The van der Waals surface area contributed by atoms with Gasteiger partial charge in [0.1, 0.15) is 13.4 Å². The molecule has 0 spiro atoms. The molecule has 0 aromatic rings. The first kappa shape index (κ1) is 11.7. The summed E-state index contributed by atoms with van der Waals surface area (Å²) in [4.78, 5) is 20.5. The molecule has 0 aromatic carbocycles. The van der Waals surface area contributed by atoms with E-state index in [0.717, 1.165) is 0 Å². The first-order valence-electron chi connectivity index (χ1n) is 4.33. The molecule has 1 rings (SSSR count). The average Bonchev–Trinajstić information content (AvgIpc) is 2.28. The number of hydrogen-bond donors (Lipinski definition) is 0. The summed E-state index contributed by atoms with van der Waals surface area (Å²) in [5.74, 6) is 0.0123. The standard InChI is InChI=1S/C8H12O7/c9-4-13-6-15-8(10)14-3-7-1-11-5-12-2-7/h4,7H,1-3,5-6H2. The smallest absolute Gasteiger partial charge is 0.434 e. The molecule has 0 N–H and O–H groups in total. The first-order chi connectivity index (χ1) is 7.33. The molecule has 0 aromatic heterocycles. The van der Waals surface area contributed by atoms with E-state index < -0.39 is 12.9 Å². The van der Waals surface area contributed by atoms with Crippen molar-refractivity contribution in [1.82, 2.24) is 0 Å². The van der Waals surface area contributed by atoms with Crippen LogP contribution in [0.2, 0.25) is 0 Å². The maximum absolute atomic E-state index is 10.8. The lowest BCUT2D eigenvalue weighted by Crippen LogP contribution is -2.29. The molecule has 0 bridgehead atoms. The monoisotopic (exact) mass is 220 g/mol. The summed E-state index contributed by atoms with van der Waals surface area (Å²) in [7, 11) is 0. The van der Waals surface area contributed by atoms with Gasteiger partial charge in [-0.15, -0.1) is 0 Å². The molecule has 0 amide bonds. The van der Waals surface area contributed by atoms with E-state index in [0.29, 0.717) is 13.2 Å². The van der Waals surface area contributed by atoms with Crippen LogP contribution in [0.15, 0.2) is 0 Å². The Balaban J connectivity index is 2.02. The molecule has 7 heteroatoms. The summed E-state index contributed by atoms with van der Waals surface area (Å²) in [6, 6.07) is 0. The van der Waals surface area contributed by atoms with E-state index in [1.807, 2.05) is 0 Å². The van der Waals surface area contributed by atoms with Crippen molar-refractivity contribution >= 4 is 12.6 Å². The Kier molecular flexibility index (Phi) is 5.49. The minimum Gasteiger partial charge on any atom is -0.434 e. The zero-order valence-electron chi connectivity index (χ0n) is 8.05. The Morgan fingerprint density at radius 3 is 2.73 bits per heavy atom. The maximum atomic E-state index is 10.8. The van der Waals surface area contributed by atoms with E-state index in [4.69, 9.17) is 14.2 Å². The molecule has 1 aliphatic rings.